The van der Waals surface area contributed by atoms with Crippen LogP contribution in [-0.4, -0.2) is 4.98 Å². The fraction of sp³-hybridized carbons (Fsp3) is 0. The minimum Gasteiger partial charge on any atom is -0.330 e. The molecular weight excluding hydrogens is 348 g/mol. The molecule has 0 saturated heterocycles. The average Bonchev–Trinajstić information content (AvgIpc) is 3.13. The molecule has 1 heterocycles. The molecule has 0 radical (unpaired) electrons. The minimum atomic E-state index is 0.687. The lowest BCUT2D eigenvalue weighted by Crippen LogP contribution is -1.90. The van der Waals surface area contributed by atoms with E-state index in [-0.39, 0.29) is 0 Å². The molecule has 0 aliphatic carbocycles. The largest absolute Gasteiger partial charge is 0.330 e. The summed E-state index contributed by atoms with van der Waals surface area (Å²) in [6, 6.07) is 26.5. The number of halogens is 1. The van der Waals surface area contributed by atoms with Crippen LogP contribution in [0.1, 0.15) is 0 Å². The van der Waals surface area contributed by atoms with Gasteiger partial charge in [-0.2, -0.15) is 0 Å². The predicted octanol–water partition coefficient (Wildman–Crippen LogP) is 6.87. The van der Waals surface area contributed by atoms with Gasteiger partial charge in [-0.3, -0.25) is 0 Å². The van der Waals surface area contributed by atoms with Crippen LogP contribution in [0, 0.1) is 0 Å². The Morgan fingerprint density at radius 3 is 2.12 bits per heavy atom. The zero-order chi connectivity index (χ0) is 17.1. The summed E-state index contributed by atoms with van der Waals surface area (Å²) in [7, 11) is 0. The van der Waals surface area contributed by atoms with Gasteiger partial charge >= 0.3 is 0 Å². The number of hydrogen-bond donors (Lipinski definition) is 1. The highest BCUT2D eigenvalue weighted by Crippen LogP contribution is 2.31. The quantitative estimate of drug-likeness (QED) is 0.428. The van der Waals surface area contributed by atoms with Crippen molar-refractivity contribution in [2.45, 2.75) is 0 Å². The fourth-order valence-electron chi connectivity index (χ4n) is 2.61. The van der Waals surface area contributed by atoms with Crippen molar-refractivity contribution in [2.24, 2.45) is 0 Å². The molecule has 4 rings (SSSR count). The molecule has 0 atom stereocenters. The summed E-state index contributed by atoms with van der Waals surface area (Å²) in [6.07, 6.45) is 0. The first-order valence-corrected chi connectivity index (χ1v) is 9.18. The van der Waals surface area contributed by atoms with Gasteiger partial charge in [-0.15, -0.1) is 11.3 Å². The molecule has 4 heteroatoms. The van der Waals surface area contributed by atoms with E-state index in [1.54, 1.807) is 11.3 Å². The number of hydrogen-bond acceptors (Lipinski definition) is 3. The maximum absolute atomic E-state index is 6.19. The van der Waals surface area contributed by atoms with Crippen molar-refractivity contribution in [1.29, 1.82) is 0 Å². The van der Waals surface area contributed by atoms with Gasteiger partial charge in [-0.1, -0.05) is 78.3 Å². The van der Waals surface area contributed by atoms with Crippen LogP contribution in [0.5, 0.6) is 0 Å². The number of thiazole rings is 1. The van der Waals surface area contributed by atoms with E-state index >= 15 is 0 Å². The lowest BCUT2D eigenvalue weighted by molar-refractivity contribution is 1.38. The molecule has 1 N–H and O–H groups in total. The van der Waals surface area contributed by atoms with Crippen LogP contribution in [0.3, 0.4) is 0 Å². The topological polar surface area (TPSA) is 24.9 Å². The van der Waals surface area contributed by atoms with Gasteiger partial charge in [0, 0.05) is 10.9 Å². The van der Waals surface area contributed by atoms with Crippen LogP contribution >= 0.6 is 22.9 Å². The second-order valence-corrected chi connectivity index (χ2v) is 6.85. The molecule has 0 spiro atoms. The minimum absolute atomic E-state index is 0.687. The van der Waals surface area contributed by atoms with E-state index in [1.165, 1.54) is 11.1 Å². The Labute approximate surface area is 155 Å². The van der Waals surface area contributed by atoms with Crippen LogP contribution in [-0.2, 0) is 0 Å². The summed E-state index contributed by atoms with van der Waals surface area (Å²) in [6.45, 7) is 0. The third kappa shape index (κ3) is 3.58. The normalized spacial score (nSPS) is 10.6. The summed E-state index contributed by atoms with van der Waals surface area (Å²) in [4.78, 5) is 4.67. The smallest absolute Gasteiger partial charge is 0.187 e. The van der Waals surface area contributed by atoms with E-state index in [4.69, 9.17) is 11.6 Å². The summed E-state index contributed by atoms with van der Waals surface area (Å²) in [5.41, 5.74) is 5.34. The highest BCUT2D eigenvalue weighted by molar-refractivity contribution is 7.14. The highest BCUT2D eigenvalue weighted by atomic mass is 35.5. The van der Waals surface area contributed by atoms with Gasteiger partial charge in [0.1, 0.15) is 0 Å². The van der Waals surface area contributed by atoms with Crippen LogP contribution in [0.15, 0.2) is 84.2 Å². The zero-order valence-corrected chi connectivity index (χ0v) is 14.9. The zero-order valence-electron chi connectivity index (χ0n) is 13.3. The van der Waals surface area contributed by atoms with E-state index in [2.05, 4.69) is 64.2 Å². The molecule has 0 amide bonds. The lowest BCUT2D eigenvalue weighted by atomic mass is 10.0. The molecule has 0 aliphatic rings. The molecule has 0 aliphatic heterocycles. The van der Waals surface area contributed by atoms with E-state index < -0.39 is 0 Å². The van der Waals surface area contributed by atoms with E-state index in [9.17, 15) is 0 Å². The molecule has 0 saturated carbocycles. The molecule has 0 bridgehead atoms. The van der Waals surface area contributed by atoms with Crippen molar-refractivity contribution >= 4 is 33.8 Å². The van der Waals surface area contributed by atoms with Gasteiger partial charge in [0.15, 0.2) is 5.13 Å². The average molecular weight is 363 g/mol. The molecule has 122 valence electrons. The predicted molar refractivity (Wildman–Crippen MR) is 108 cm³/mol. The lowest BCUT2D eigenvalue weighted by Gasteiger charge is -2.04. The van der Waals surface area contributed by atoms with Crippen molar-refractivity contribution in [1.82, 2.24) is 4.98 Å². The van der Waals surface area contributed by atoms with E-state index in [1.807, 2.05) is 30.3 Å². The maximum Gasteiger partial charge on any atom is 0.187 e. The van der Waals surface area contributed by atoms with Crippen LogP contribution in [0.4, 0.5) is 10.8 Å². The number of nitrogens with zero attached hydrogens (tertiary/aromatic N) is 1. The van der Waals surface area contributed by atoms with Crippen molar-refractivity contribution in [3.05, 3.63) is 89.3 Å². The number of para-hydroxylation sites is 1. The Kier molecular flexibility index (Phi) is 4.51. The highest BCUT2D eigenvalue weighted by Gasteiger charge is 2.07. The molecule has 0 fully saturated rings. The number of anilines is 2. The molecule has 0 unspecified atom stereocenters. The van der Waals surface area contributed by atoms with Crippen molar-refractivity contribution in [2.75, 3.05) is 5.32 Å². The Bertz CT molecular complexity index is 978. The van der Waals surface area contributed by atoms with Crippen LogP contribution in [0.2, 0.25) is 5.02 Å². The Hall–Kier alpha value is -2.62. The van der Waals surface area contributed by atoms with Gasteiger partial charge in [-0.05, 0) is 23.3 Å². The number of rotatable bonds is 4. The van der Waals surface area contributed by atoms with Crippen molar-refractivity contribution in [3.63, 3.8) is 0 Å². The Morgan fingerprint density at radius 1 is 0.720 bits per heavy atom. The number of aromatic nitrogens is 1. The summed E-state index contributed by atoms with van der Waals surface area (Å²) >= 11 is 7.76. The van der Waals surface area contributed by atoms with Gasteiger partial charge in [0.2, 0.25) is 0 Å². The molecule has 3 aromatic carbocycles. The molecular formula is C21H15ClN2S. The molecule has 4 aromatic rings. The standard InChI is InChI=1S/C21H15ClN2S/c22-18-8-4-5-9-19(18)23-21-24-20(14-25-21)17-12-10-16(11-13-17)15-6-2-1-3-7-15/h1-14H,(H,23,24). The first-order valence-electron chi connectivity index (χ1n) is 7.92. The Balaban J connectivity index is 1.55. The van der Waals surface area contributed by atoms with Gasteiger partial charge < -0.3 is 5.32 Å². The maximum atomic E-state index is 6.19. The third-order valence-corrected chi connectivity index (χ3v) is 4.99. The molecule has 1 aromatic heterocycles. The van der Waals surface area contributed by atoms with Gasteiger partial charge in [0.05, 0.1) is 16.4 Å². The SMILES string of the molecule is Clc1ccccc1Nc1nc(-c2ccc(-c3ccccc3)cc2)cs1. The Morgan fingerprint density at radius 2 is 1.36 bits per heavy atom. The second-order valence-electron chi connectivity index (χ2n) is 5.59. The first-order chi connectivity index (χ1) is 12.3. The van der Waals surface area contributed by atoms with Crippen molar-refractivity contribution < 1.29 is 0 Å². The van der Waals surface area contributed by atoms with E-state index in [0.717, 1.165) is 22.1 Å². The first kappa shape index (κ1) is 15.9. The van der Waals surface area contributed by atoms with Gasteiger partial charge in [0.25, 0.3) is 0 Å². The summed E-state index contributed by atoms with van der Waals surface area (Å²) in [5, 5.41) is 6.84. The molecule has 2 nitrogen and oxygen atoms in total. The van der Waals surface area contributed by atoms with Crippen molar-refractivity contribution in [3.8, 4) is 22.4 Å². The second kappa shape index (κ2) is 7.09. The van der Waals surface area contributed by atoms with E-state index in [0.29, 0.717) is 5.02 Å². The number of nitrogens with one attached hydrogen (secondary N) is 1. The fourth-order valence-corrected chi connectivity index (χ4v) is 3.52. The van der Waals surface area contributed by atoms with Crippen LogP contribution < -0.4 is 5.32 Å². The number of benzene rings is 3. The third-order valence-electron chi connectivity index (χ3n) is 3.91. The summed E-state index contributed by atoms with van der Waals surface area (Å²) < 4.78 is 0. The van der Waals surface area contributed by atoms with Gasteiger partial charge in [-0.25, -0.2) is 4.98 Å². The monoisotopic (exact) mass is 362 g/mol. The van der Waals surface area contributed by atoms with Crippen LogP contribution in [0.25, 0.3) is 22.4 Å². The molecule has 25 heavy (non-hydrogen) atoms. The summed E-state index contributed by atoms with van der Waals surface area (Å²) in [5.74, 6) is 0.